The standard InChI is InChI=1S/C20H15ClF3N5O4/c1-10-8-12(33-16-6-7-25-17(28-16)18(30)29-32)3-5-15(10)27-19(31)26-11-2-4-14(21)13(9-11)20(22,23)24/h2-9,32H,1H3,(H,29,30)(H2,26,27,31). The van der Waals surface area contributed by atoms with Crippen LogP contribution in [-0.4, -0.2) is 27.1 Å². The maximum Gasteiger partial charge on any atom is 0.417 e. The monoisotopic (exact) mass is 481 g/mol. The van der Waals surface area contributed by atoms with Crippen LogP contribution >= 0.6 is 11.6 Å². The number of nitrogens with zero attached hydrogens (tertiary/aromatic N) is 2. The van der Waals surface area contributed by atoms with Gasteiger partial charge in [0.25, 0.3) is 0 Å². The molecule has 0 aliphatic heterocycles. The van der Waals surface area contributed by atoms with Crippen molar-refractivity contribution in [2.45, 2.75) is 13.1 Å². The van der Waals surface area contributed by atoms with Crippen LogP contribution < -0.4 is 20.9 Å². The van der Waals surface area contributed by atoms with Gasteiger partial charge in [0.2, 0.25) is 11.7 Å². The molecule has 3 aromatic rings. The number of ether oxygens (including phenoxy) is 1. The summed E-state index contributed by atoms with van der Waals surface area (Å²) in [4.78, 5) is 31.2. The van der Waals surface area contributed by atoms with E-state index in [4.69, 9.17) is 21.5 Å². The number of aromatic nitrogens is 2. The molecular formula is C20H15ClF3N5O4. The average Bonchev–Trinajstić information content (AvgIpc) is 2.76. The fraction of sp³-hybridized carbons (Fsp3) is 0.100. The minimum absolute atomic E-state index is 0.0321. The SMILES string of the molecule is Cc1cc(Oc2ccnc(C(=O)NO)n2)ccc1NC(=O)Nc1ccc(Cl)c(C(F)(F)F)c1. The van der Waals surface area contributed by atoms with Gasteiger partial charge in [-0.15, -0.1) is 0 Å². The summed E-state index contributed by atoms with van der Waals surface area (Å²) in [6.07, 6.45) is -3.40. The number of benzene rings is 2. The molecule has 4 N–H and O–H groups in total. The quantitative estimate of drug-likeness (QED) is 0.300. The largest absolute Gasteiger partial charge is 0.439 e. The van der Waals surface area contributed by atoms with Crippen LogP contribution in [0.25, 0.3) is 0 Å². The fourth-order valence-corrected chi connectivity index (χ4v) is 2.85. The van der Waals surface area contributed by atoms with Crippen molar-refractivity contribution < 1.29 is 32.7 Å². The van der Waals surface area contributed by atoms with E-state index in [2.05, 4.69) is 20.6 Å². The molecule has 9 nitrogen and oxygen atoms in total. The van der Waals surface area contributed by atoms with E-state index in [-0.39, 0.29) is 17.4 Å². The lowest BCUT2D eigenvalue weighted by Gasteiger charge is -2.14. The molecule has 0 saturated heterocycles. The van der Waals surface area contributed by atoms with E-state index in [1.54, 1.807) is 13.0 Å². The summed E-state index contributed by atoms with van der Waals surface area (Å²) in [5.41, 5.74) is 1.19. The molecule has 0 saturated carbocycles. The van der Waals surface area contributed by atoms with E-state index in [1.807, 2.05) is 0 Å². The number of aryl methyl sites for hydroxylation is 1. The summed E-state index contributed by atoms with van der Waals surface area (Å²) < 4.78 is 44.5. The first-order valence-electron chi connectivity index (χ1n) is 9.07. The van der Waals surface area contributed by atoms with Crippen LogP contribution in [0.5, 0.6) is 11.6 Å². The number of amides is 3. The highest BCUT2D eigenvalue weighted by Crippen LogP contribution is 2.36. The van der Waals surface area contributed by atoms with E-state index in [9.17, 15) is 22.8 Å². The van der Waals surface area contributed by atoms with Crippen molar-refractivity contribution in [3.05, 3.63) is 70.6 Å². The molecule has 2 aromatic carbocycles. The molecule has 0 radical (unpaired) electrons. The van der Waals surface area contributed by atoms with Crippen LogP contribution in [0, 0.1) is 6.92 Å². The molecule has 1 heterocycles. The number of urea groups is 1. The molecule has 0 spiro atoms. The highest BCUT2D eigenvalue weighted by atomic mass is 35.5. The molecule has 0 atom stereocenters. The number of carbonyl (C=O) groups is 2. The number of hydrogen-bond acceptors (Lipinski definition) is 6. The molecule has 0 unspecified atom stereocenters. The Bertz CT molecular complexity index is 1210. The topological polar surface area (TPSA) is 125 Å². The summed E-state index contributed by atoms with van der Waals surface area (Å²) in [7, 11) is 0. The Morgan fingerprint density at radius 1 is 1.09 bits per heavy atom. The third-order valence-electron chi connectivity index (χ3n) is 4.13. The molecule has 0 bridgehead atoms. The van der Waals surface area contributed by atoms with Crippen LogP contribution in [0.3, 0.4) is 0 Å². The maximum absolute atomic E-state index is 13.0. The summed E-state index contributed by atoms with van der Waals surface area (Å²) >= 11 is 5.57. The number of halogens is 4. The van der Waals surface area contributed by atoms with Crippen molar-refractivity contribution in [1.82, 2.24) is 15.4 Å². The molecule has 3 amide bonds. The smallest absolute Gasteiger partial charge is 0.417 e. The Hall–Kier alpha value is -3.90. The Balaban J connectivity index is 1.68. The van der Waals surface area contributed by atoms with Crippen LogP contribution in [0.15, 0.2) is 48.7 Å². The zero-order valence-electron chi connectivity index (χ0n) is 16.7. The highest BCUT2D eigenvalue weighted by Gasteiger charge is 2.33. The average molecular weight is 482 g/mol. The van der Waals surface area contributed by atoms with Gasteiger partial charge in [0.05, 0.1) is 10.6 Å². The normalized spacial score (nSPS) is 11.0. The first-order chi connectivity index (χ1) is 15.6. The number of alkyl halides is 3. The lowest BCUT2D eigenvalue weighted by Crippen LogP contribution is -2.21. The van der Waals surface area contributed by atoms with E-state index >= 15 is 0 Å². The summed E-state index contributed by atoms with van der Waals surface area (Å²) in [6.45, 7) is 1.66. The van der Waals surface area contributed by atoms with Gasteiger partial charge < -0.3 is 15.4 Å². The minimum atomic E-state index is -4.66. The van der Waals surface area contributed by atoms with Crippen LogP contribution in [-0.2, 0) is 6.18 Å². The predicted octanol–water partition coefficient (Wildman–Crippen LogP) is 5.01. The van der Waals surface area contributed by atoms with Gasteiger partial charge in [-0.3, -0.25) is 10.0 Å². The lowest BCUT2D eigenvalue weighted by atomic mass is 10.2. The van der Waals surface area contributed by atoms with Gasteiger partial charge in [0, 0.05) is 23.6 Å². The molecule has 13 heteroatoms. The molecule has 3 rings (SSSR count). The fourth-order valence-electron chi connectivity index (χ4n) is 2.62. The van der Waals surface area contributed by atoms with E-state index in [0.717, 1.165) is 12.1 Å². The van der Waals surface area contributed by atoms with Crippen molar-refractivity contribution in [3.63, 3.8) is 0 Å². The van der Waals surface area contributed by atoms with Gasteiger partial charge in [0.1, 0.15) is 5.75 Å². The summed E-state index contributed by atoms with van der Waals surface area (Å²) in [5, 5.41) is 13.0. The Kier molecular flexibility index (Phi) is 6.99. The van der Waals surface area contributed by atoms with Gasteiger partial charge in [-0.1, -0.05) is 11.6 Å². The number of hydroxylamine groups is 1. The second-order valence-corrected chi connectivity index (χ2v) is 6.92. The third kappa shape index (κ3) is 6.08. The molecule has 0 aliphatic carbocycles. The number of hydrogen-bond donors (Lipinski definition) is 4. The van der Waals surface area contributed by atoms with Gasteiger partial charge in [-0.05, 0) is 48.9 Å². The number of rotatable bonds is 5. The van der Waals surface area contributed by atoms with Crippen LogP contribution in [0.2, 0.25) is 5.02 Å². The van der Waals surface area contributed by atoms with Gasteiger partial charge in [-0.25, -0.2) is 15.3 Å². The molecule has 0 fully saturated rings. The van der Waals surface area contributed by atoms with Crippen molar-refractivity contribution >= 4 is 34.9 Å². The second-order valence-electron chi connectivity index (χ2n) is 6.51. The van der Waals surface area contributed by atoms with Gasteiger partial charge in [-0.2, -0.15) is 18.2 Å². The zero-order valence-corrected chi connectivity index (χ0v) is 17.5. The highest BCUT2D eigenvalue weighted by molar-refractivity contribution is 6.31. The van der Waals surface area contributed by atoms with Gasteiger partial charge in [0.15, 0.2) is 0 Å². The molecule has 0 aliphatic rings. The first-order valence-corrected chi connectivity index (χ1v) is 9.45. The number of anilines is 2. The Labute approximate surface area is 189 Å². The van der Waals surface area contributed by atoms with Gasteiger partial charge >= 0.3 is 18.1 Å². The van der Waals surface area contributed by atoms with E-state index < -0.39 is 28.7 Å². The van der Waals surface area contributed by atoms with Crippen LogP contribution in [0.1, 0.15) is 21.7 Å². The lowest BCUT2D eigenvalue weighted by molar-refractivity contribution is -0.137. The molecule has 1 aromatic heterocycles. The summed E-state index contributed by atoms with van der Waals surface area (Å²) in [5.74, 6) is -0.868. The maximum atomic E-state index is 13.0. The molecular weight excluding hydrogens is 467 g/mol. The van der Waals surface area contributed by atoms with E-state index in [0.29, 0.717) is 17.0 Å². The van der Waals surface area contributed by atoms with Crippen molar-refractivity contribution in [3.8, 4) is 11.6 Å². The zero-order chi connectivity index (χ0) is 24.2. The molecule has 172 valence electrons. The number of carbonyl (C=O) groups excluding carboxylic acids is 2. The second kappa shape index (κ2) is 9.71. The van der Waals surface area contributed by atoms with E-state index in [1.165, 1.54) is 35.9 Å². The molecule has 33 heavy (non-hydrogen) atoms. The minimum Gasteiger partial charge on any atom is -0.439 e. The van der Waals surface area contributed by atoms with Crippen molar-refractivity contribution in [1.29, 1.82) is 0 Å². The van der Waals surface area contributed by atoms with Crippen molar-refractivity contribution in [2.75, 3.05) is 10.6 Å². The van der Waals surface area contributed by atoms with Crippen molar-refractivity contribution in [2.24, 2.45) is 0 Å². The Morgan fingerprint density at radius 3 is 2.52 bits per heavy atom. The number of nitrogens with one attached hydrogen (secondary N) is 3. The summed E-state index contributed by atoms with van der Waals surface area (Å²) in [6, 6.07) is 8.22. The van der Waals surface area contributed by atoms with Crippen LogP contribution in [0.4, 0.5) is 29.3 Å². The third-order valence-corrected chi connectivity index (χ3v) is 4.46. The Morgan fingerprint density at radius 2 is 1.85 bits per heavy atom. The predicted molar refractivity (Wildman–Crippen MR) is 112 cm³/mol. The first kappa shape index (κ1) is 23.8.